The summed E-state index contributed by atoms with van der Waals surface area (Å²) in [6, 6.07) is 0. The highest BCUT2D eigenvalue weighted by Crippen LogP contribution is 2.16. The van der Waals surface area contributed by atoms with E-state index in [1.165, 1.54) is 45.4 Å². The number of ether oxygens (including phenoxy) is 1. The van der Waals surface area contributed by atoms with Crippen molar-refractivity contribution in [2.24, 2.45) is 0 Å². The lowest BCUT2D eigenvalue weighted by Crippen LogP contribution is -2.23. The van der Waals surface area contributed by atoms with E-state index in [1.807, 2.05) is 6.08 Å². The summed E-state index contributed by atoms with van der Waals surface area (Å²) in [5, 5.41) is 18.6. The molecule has 0 aliphatic carbocycles. The van der Waals surface area contributed by atoms with Crippen molar-refractivity contribution in [2.75, 3.05) is 6.61 Å². The highest BCUT2D eigenvalue weighted by molar-refractivity contribution is 5.66. The Morgan fingerprint density at radius 2 is 1.61 bits per heavy atom. The average molecular weight is 328 g/mol. The minimum atomic E-state index is -0.597. The molecule has 0 rings (SSSR count). The monoisotopic (exact) mass is 328 g/mol. The maximum absolute atomic E-state index is 11.1. The van der Waals surface area contributed by atoms with Crippen molar-refractivity contribution < 1.29 is 19.7 Å². The van der Waals surface area contributed by atoms with E-state index in [9.17, 15) is 9.90 Å². The maximum Gasteiger partial charge on any atom is 0.302 e. The number of aliphatic hydroxyl groups is 2. The molecule has 0 bridgehead atoms. The fourth-order valence-corrected chi connectivity index (χ4v) is 2.75. The summed E-state index contributed by atoms with van der Waals surface area (Å²) in [4.78, 5) is 11.1. The molecule has 0 aliphatic rings. The molecular weight excluding hydrogens is 292 g/mol. The van der Waals surface area contributed by atoms with Crippen LogP contribution in [0.2, 0.25) is 0 Å². The Hall–Kier alpha value is -0.870. The quantitative estimate of drug-likeness (QED) is 0.254. The van der Waals surface area contributed by atoms with E-state index in [0.29, 0.717) is 12.8 Å². The van der Waals surface area contributed by atoms with Crippen LogP contribution < -0.4 is 0 Å². The molecule has 0 radical (unpaired) electrons. The molecule has 2 unspecified atom stereocenters. The maximum atomic E-state index is 11.1. The van der Waals surface area contributed by atoms with Crippen molar-refractivity contribution in [3.63, 3.8) is 0 Å². The van der Waals surface area contributed by atoms with E-state index in [4.69, 9.17) is 9.84 Å². The molecule has 0 saturated heterocycles. The molecule has 136 valence electrons. The first-order chi connectivity index (χ1) is 11.1. The van der Waals surface area contributed by atoms with Gasteiger partial charge in [0.25, 0.3) is 0 Å². The van der Waals surface area contributed by atoms with Gasteiger partial charge in [0.1, 0.15) is 6.10 Å². The Labute approximate surface area is 141 Å². The SMILES string of the molecule is C=CCCCCCCCCCCC(CC(O)CCO)OC(C)=O. The molecule has 0 heterocycles. The summed E-state index contributed by atoms with van der Waals surface area (Å²) in [5.41, 5.74) is 0. The van der Waals surface area contributed by atoms with E-state index in [0.717, 1.165) is 25.7 Å². The summed E-state index contributed by atoms with van der Waals surface area (Å²) >= 11 is 0. The summed E-state index contributed by atoms with van der Waals surface area (Å²) in [7, 11) is 0. The zero-order chi connectivity index (χ0) is 17.3. The minimum absolute atomic E-state index is 0.0409. The molecule has 4 nitrogen and oxygen atoms in total. The summed E-state index contributed by atoms with van der Waals surface area (Å²) in [6.45, 7) is 5.09. The Morgan fingerprint density at radius 3 is 2.13 bits per heavy atom. The Balaban J connectivity index is 3.65. The number of allylic oxidation sites excluding steroid dienone is 1. The third-order valence-electron chi connectivity index (χ3n) is 4.01. The number of esters is 1. The van der Waals surface area contributed by atoms with Crippen LogP contribution in [0.5, 0.6) is 0 Å². The molecular formula is C19H36O4. The molecule has 0 aromatic carbocycles. The summed E-state index contributed by atoms with van der Waals surface area (Å²) in [6.07, 6.45) is 13.6. The standard InChI is InChI=1S/C19H36O4/c1-3-4-5-6-7-8-9-10-11-12-13-19(23-17(2)21)16-18(22)14-15-20/h3,18-20,22H,1,4-16H2,2H3. The van der Waals surface area contributed by atoms with Gasteiger partial charge in [-0.1, -0.05) is 44.6 Å². The van der Waals surface area contributed by atoms with Crippen LogP contribution in [0.1, 0.15) is 84.0 Å². The fourth-order valence-electron chi connectivity index (χ4n) is 2.75. The summed E-state index contributed by atoms with van der Waals surface area (Å²) in [5.74, 6) is -0.300. The van der Waals surface area contributed by atoms with Crippen LogP contribution in [-0.4, -0.2) is 35.0 Å². The highest BCUT2D eigenvalue weighted by Gasteiger charge is 2.16. The molecule has 2 N–H and O–H groups in total. The predicted octanol–water partition coefficient (Wildman–Crippen LogP) is 4.14. The van der Waals surface area contributed by atoms with Crippen LogP contribution in [0.15, 0.2) is 12.7 Å². The number of hydrogen-bond acceptors (Lipinski definition) is 4. The van der Waals surface area contributed by atoms with Crippen molar-refractivity contribution in [1.29, 1.82) is 0 Å². The predicted molar refractivity (Wildman–Crippen MR) is 94.2 cm³/mol. The largest absolute Gasteiger partial charge is 0.462 e. The number of carbonyl (C=O) groups excluding carboxylic acids is 1. The Bertz CT molecular complexity index is 291. The van der Waals surface area contributed by atoms with Gasteiger partial charge < -0.3 is 14.9 Å². The van der Waals surface area contributed by atoms with Crippen molar-refractivity contribution in [1.82, 2.24) is 0 Å². The summed E-state index contributed by atoms with van der Waals surface area (Å²) < 4.78 is 5.26. The second-order valence-electron chi connectivity index (χ2n) is 6.33. The smallest absolute Gasteiger partial charge is 0.302 e. The van der Waals surface area contributed by atoms with Crippen molar-refractivity contribution in [3.8, 4) is 0 Å². The van der Waals surface area contributed by atoms with Crippen LogP contribution >= 0.6 is 0 Å². The molecule has 0 saturated carbocycles. The number of unbranched alkanes of at least 4 members (excludes halogenated alkanes) is 8. The fraction of sp³-hybridized carbons (Fsp3) is 0.842. The first-order valence-corrected chi connectivity index (χ1v) is 9.17. The van der Waals surface area contributed by atoms with E-state index in [-0.39, 0.29) is 18.7 Å². The van der Waals surface area contributed by atoms with Crippen LogP contribution in [0.3, 0.4) is 0 Å². The molecule has 4 heteroatoms. The number of carbonyl (C=O) groups is 1. The molecule has 0 aromatic rings. The van der Waals surface area contributed by atoms with Crippen LogP contribution in [0, 0.1) is 0 Å². The van der Waals surface area contributed by atoms with Crippen LogP contribution in [0.4, 0.5) is 0 Å². The minimum Gasteiger partial charge on any atom is -0.462 e. The van der Waals surface area contributed by atoms with Gasteiger partial charge in [0, 0.05) is 20.0 Å². The lowest BCUT2D eigenvalue weighted by atomic mass is 10.0. The first kappa shape index (κ1) is 22.1. The van der Waals surface area contributed by atoms with Gasteiger partial charge in [-0.05, 0) is 32.1 Å². The molecule has 0 amide bonds. The average Bonchev–Trinajstić information content (AvgIpc) is 2.48. The number of hydrogen-bond donors (Lipinski definition) is 2. The first-order valence-electron chi connectivity index (χ1n) is 9.17. The van der Waals surface area contributed by atoms with Gasteiger partial charge in [-0.15, -0.1) is 6.58 Å². The van der Waals surface area contributed by atoms with Crippen molar-refractivity contribution in [3.05, 3.63) is 12.7 Å². The molecule has 2 atom stereocenters. The molecule has 0 aromatic heterocycles. The van der Waals surface area contributed by atoms with Gasteiger partial charge in [0.15, 0.2) is 0 Å². The Morgan fingerprint density at radius 1 is 1.04 bits per heavy atom. The zero-order valence-corrected chi connectivity index (χ0v) is 14.8. The van der Waals surface area contributed by atoms with E-state index in [1.54, 1.807) is 0 Å². The third kappa shape index (κ3) is 15.8. The Kier molecular flexibility index (Phi) is 15.4. The lowest BCUT2D eigenvalue weighted by Gasteiger charge is -2.20. The highest BCUT2D eigenvalue weighted by atomic mass is 16.5. The number of aliphatic hydroxyl groups excluding tert-OH is 2. The van der Waals surface area contributed by atoms with Gasteiger partial charge in [0.05, 0.1) is 6.10 Å². The lowest BCUT2D eigenvalue weighted by molar-refractivity contribution is -0.148. The molecule has 0 spiro atoms. The van der Waals surface area contributed by atoms with Crippen molar-refractivity contribution >= 4 is 5.97 Å². The second kappa shape index (κ2) is 16.0. The molecule has 0 fully saturated rings. The number of rotatable bonds is 16. The van der Waals surface area contributed by atoms with Gasteiger partial charge in [0.2, 0.25) is 0 Å². The van der Waals surface area contributed by atoms with Crippen LogP contribution in [-0.2, 0) is 9.53 Å². The van der Waals surface area contributed by atoms with Gasteiger partial charge in [-0.25, -0.2) is 0 Å². The normalized spacial score (nSPS) is 13.5. The van der Waals surface area contributed by atoms with Gasteiger partial charge >= 0.3 is 5.97 Å². The topological polar surface area (TPSA) is 66.8 Å². The van der Waals surface area contributed by atoms with Gasteiger partial charge in [-0.3, -0.25) is 4.79 Å². The van der Waals surface area contributed by atoms with E-state index >= 15 is 0 Å². The van der Waals surface area contributed by atoms with E-state index < -0.39 is 6.10 Å². The van der Waals surface area contributed by atoms with E-state index in [2.05, 4.69) is 6.58 Å². The van der Waals surface area contributed by atoms with Gasteiger partial charge in [-0.2, -0.15) is 0 Å². The van der Waals surface area contributed by atoms with Crippen LogP contribution in [0.25, 0.3) is 0 Å². The molecule has 0 aliphatic heterocycles. The second-order valence-corrected chi connectivity index (χ2v) is 6.33. The van der Waals surface area contributed by atoms with Crippen molar-refractivity contribution in [2.45, 2.75) is 96.2 Å². The zero-order valence-electron chi connectivity index (χ0n) is 14.8. The third-order valence-corrected chi connectivity index (χ3v) is 4.01. The molecule has 23 heavy (non-hydrogen) atoms.